The van der Waals surface area contributed by atoms with Gasteiger partial charge in [0.05, 0.1) is 14.1 Å². The Morgan fingerprint density at radius 3 is 1.31 bits per heavy atom. The molecule has 0 aliphatic rings. The van der Waals surface area contributed by atoms with Crippen LogP contribution in [-0.2, 0) is 9.47 Å². The molecule has 284 valence electrons. The number of quaternary nitrogens is 1. The molecular weight excluding hydrogens is 666 g/mol. The van der Waals surface area contributed by atoms with Gasteiger partial charge in [0.2, 0.25) is 11.9 Å². The number of aromatic amines is 2. The van der Waals surface area contributed by atoms with Crippen molar-refractivity contribution in [2.75, 3.05) is 77.2 Å². The van der Waals surface area contributed by atoms with Gasteiger partial charge in [-0.1, -0.05) is 25.7 Å². The minimum atomic E-state index is -0.483. The van der Waals surface area contributed by atoms with E-state index in [0.717, 1.165) is 51.4 Å². The van der Waals surface area contributed by atoms with Crippen molar-refractivity contribution in [1.82, 2.24) is 41.2 Å². The summed E-state index contributed by atoms with van der Waals surface area (Å²) in [6, 6.07) is 1.78. The molecule has 19 heteroatoms. The maximum absolute atomic E-state index is 12.0. The second-order valence-corrected chi connectivity index (χ2v) is 12.6. The minimum Gasteiger partial charge on any atom is -0.444 e. The first-order valence-corrected chi connectivity index (χ1v) is 17.2. The number of likely N-dealkylation sites (N-methyl/N-ethyl adjacent to an activating group) is 1. The number of H-pyrrole nitrogens is 2. The highest BCUT2D eigenvalue weighted by Gasteiger charge is 2.17. The van der Waals surface area contributed by atoms with Crippen molar-refractivity contribution >= 4 is 36.1 Å². The molecule has 0 saturated carbocycles. The smallest absolute Gasteiger partial charge is 0.407 e. The number of aryl methyl sites for hydroxylation is 2. The number of rotatable bonds is 22. The van der Waals surface area contributed by atoms with E-state index in [0.29, 0.717) is 55.1 Å². The third-order valence-corrected chi connectivity index (χ3v) is 7.40. The maximum Gasteiger partial charge on any atom is 0.407 e. The molecule has 0 unspecified atom stereocenters. The van der Waals surface area contributed by atoms with Crippen LogP contribution in [0.2, 0.25) is 0 Å². The Labute approximate surface area is 297 Å². The monoisotopic (exact) mass is 720 g/mol. The van der Waals surface area contributed by atoms with Gasteiger partial charge in [0.1, 0.15) is 26.3 Å². The van der Waals surface area contributed by atoms with Gasteiger partial charge in [-0.15, -0.1) is 0 Å². The number of anilines is 2. The summed E-state index contributed by atoms with van der Waals surface area (Å²) in [4.78, 5) is 83.6. The zero-order valence-corrected chi connectivity index (χ0v) is 30.1. The van der Waals surface area contributed by atoms with Crippen LogP contribution in [0, 0.1) is 13.8 Å². The van der Waals surface area contributed by atoms with E-state index in [9.17, 15) is 28.8 Å². The Balaban J connectivity index is 1.38. The normalized spacial score (nSPS) is 10.9. The van der Waals surface area contributed by atoms with E-state index < -0.39 is 35.4 Å². The summed E-state index contributed by atoms with van der Waals surface area (Å²) < 4.78 is 11.1. The molecule has 2 rings (SSSR count). The summed E-state index contributed by atoms with van der Waals surface area (Å²) >= 11 is 0. The van der Waals surface area contributed by atoms with Gasteiger partial charge in [0, 0.05) is 49.7 Å². The SMILES string of the molecule is Cc1cc(=O)nc(NC(=O)NCCCCCCNC(=O)OCC[N+](C)(C)CCOC(=O)NCCCCCCNC(=O)Nc2nc(=O)cc(C)[nH]2)[nH]1. The van der Waals surface area contributed by atoms with Crippen molar-refractivity contribution in [3.05, 3.63) is 44.2 Å². The minimum absolute atomic E-state index is 0.0964. The molecule has 0 aliphatic heterocycles. The fourth-order valence-electron chi connectivity index (χ4n) is 4.56. The van der Waals surface area contributed by atoms with Crippen molar-refractivity contribution in [2.45, 2.75) is 65.2 Å². The molecule has 2 aromatic rings. The number of hydrogen-bond donors (Lipinski definition) is 8. The molecule has 0 aromatic carbocycles. The molecule has 19 nitrogen and oxygen atoms in total. The Morgan fingerprint density at radius 2 is 0.961 bits per heavy atom. The Hall–Kier alpha value is -5.20. The van der Waals surface area contributed by atoms with E-state index in [-0.39, 0.29) is 25.1 Å². The lowest BCUT2D eigenvalue weighted by Crippen LogP contribution is -2.45. The fourth-order valence-corrected chi connectivity index (χ4v) is 4.56. The molecule has 6 amide bonds. The van der Waals surface area contributed by atoms with Gasteiger partial charge < -0.3 is 45.2 Å². The molecule has 0 aliphatic carbocycles. The van der Waals surface area contributed by atoms with E-state index in [1.165, 1.54) is 12.1 Å². The largest absolute Gasteiger partial charge is 0.444 e. The average Bonchev–Trinajstić information content (AvgIpc) is 3.02. The first-order chi connectivity index (χ1) is 24.3. The van der Waals surface area contributed by atoms with Crippen molar-refractivity contribution < 1.29 is 33.1 Å². The van der Waals surface area contributed by atoms with Crippen molar-refractivity contribution in [3.8, 4) is 0 Å². The number of aromatic nitrogens is 4. The van der Waals surface area contributed by atoms with Crippen LogP contribution in [0.5, 0.6) is 0 Å². The zero-order valence-electron chi connectivity index (χ0n) is 30.1. The number of ether oxygens (including phenoxy) is 2. The van der Waals surface area contributed by atoms with Crippen LogP contribution in [0.3, 0.4) is 0 Å². The topological polar surface area (TPSA) is 250 Å². The molecule has 0 fully saturated rings. The van der Waals surface area contributed by atoms with Gasteiger partial charge in [0.15, 0.2) is 0 Å². The number of alkyl carbamates (subject to hydrolysis) is 2. The molecule has 0 saturated heterocycles. The predicted octanol–water partition coefficient (Wildman–Crippen LogP) is 2.06. The number of amides is 6. The van der Waals surface area contributed by atoms with Crippen molar-refractivity contribution in [3.63, 3.8) is 0 Å². The van der Waals surface area contributed by atoms with Crippen LogP contribution in [0.15, 0.2) is 21.7 Å². The Kier molecular flexibility index (Phi) is 19.1. The quantitative estimate of drug-likeness (QED) is 0.0649. The molecule has 2 aromatic heterocycles. The lowest BCUT2D eigenvalue weighted by atomic mass is 10.2. The van der Waals surface area contributed by atoms with E-state index in [2.05, 4.69) is 51.8 Å². The van der Waals surface area contributed by atoms with Crippen LogP contribution in [0.1, 0.15) is 62.8 Å². The molecule has 0 spiro atoms. The number of hydrogen-bond acceptors (Lipinski definition) is 10. The Bertz CT molecular complexity index is 1400. The van der Waals surface area contributed by atoms with E-state index in [1.807, 2.05) is 14.1 Å². The van der Waals surface area contributed by atoms with Crippen molar-refractivity contribution in [1.29, 1.82) is 0 Å². The zero-order chi connectivity index (χ0) is 37.5. The summed E-state index contributed by atoms with van der Waals surface area (Å²) in [5.74, 6) is 0.193. The highest BCUT2D eigenvalue weighted by molar-refractivity contribution is 5.87. The number of carbonyl (C=O) groups is 4. The van der Waals surface area contributed by atoms with Gasteiger partial charge in [-0.25, -0.2) is 19.2 Å². The second-order valence-electron chi connectivity index (χ2n) is 12.6. The third-order valence-electron chi connectivity index (χ3n) is 7.40. The predicted molar refractivity (Wildman–Crippen MR) is 191 cm³/mol. The lowest BCUT2D eigenvalue weighted by molar-refractivity contribution is -0.890. The van der Waals surface area contributed by atoms with Crippen LogP contribution in [-0.4, -0.2) is 115 Å². The molecule has 51 heavy (non-hydrogen) atoms. The summed E-state index contributed by atoms with van der Waals surface area (Å²) in [5.41, 5.74) is 0.338. The number of carbonyl (C=O) groups excluding carboxylic acids is 4. The molecule has 0 atom stereocenters. The van der Waals surface area contributed by atoms with E-state index >= 15 is 0 Å². The van der Waals surface area contributed by atoms with Crippen LogP contribution < -0.4 is 43.0 Å². The van der Waals surface area contributed by atoms with Crippen LogP contribution in [0.4, 0.5) is 31.1 Å². The molecule has 0 bridgehead atoms. The molecule has 0 radical (unpaired) electrons. The second kappa shape index (κ2) is 23.2. The average molecular weight is 721 g/mol. The summed E-state index contributed by atoms with van der Waals surface area (Å²) in [5, 5.41) is 15.9. The third kappa shape index (κ3) is 20.8. The van der Waals surface area contributed by atoms with Gasteiger partial charge in [-0.2, -0.15) is 9.97 Å². The summed E-state index contributed by atoms with van der Waals surface area (Å²) in [6.45, 7) is 6.82. The summed E-state index contributed by atoms with van der Waals surface area (Å²) in [6.07, 6.45) is 5.56. The van der Waals surface area contributed by atoms with Crippen LogP contribution in [0.25, 0.3) is 0 Å². The number of unbranched alkanes of at least 4 members (excludes halogenated alkanes) is 6. The maximum atomic E-state index is 12.0. The highest BCUT2D eigenvalue weighted by Crippen LogP contribution is 2.02. The first kappa shape index (κ1) is 42.0. The van der Waals surface area contributed by atoms with Gasteiger partial charge in [-0.05, 0) is 39.5 Å². The van der Waals surface area contributed by atoms with E-state index in [4.69, 9.17) is 9.47 Å². The fraction of sp³-hybridized carbons (Fsp3) is 0.625. The standard InChI is InChI=1S/C32H53N11O8/c1-23-21-25(44)39-27(37-23)41-29(46)33-13-9-5-7-11-15-35-31(48)50-19-17-43(3,4)18-20-51-32(49)36-16-12-8-6-10-14-34-30(47)42-28-38-24(2)22-26(45)40-28/h21-22H,5-20H2,1-4H3,(H7-,33,34,35,36,37,38,39,40,41,42,44,45,46,47,48,49)/p+1. The lowest BCUT2D eigenvalue weighted by Gasteiger charge is -2.29. The first-order valence-electron chi connectivity index (χ1n) is 17.2. The van der Waals surface area contributed by atoms with Crippen molar-refractivity contribution in [2.24, 2.45) is 0 Å². The van der Waals surface area contributed by atoms with Gasteiger partial charge in [-0.3, -0.25) is 20.2 Å². The van der Waals surface area contributed by atoms with E-state index in [1.54, 1.807) is 13.8 Å². The van der Waals surface area contributed by atoms with Gasteiger partial charge in [0.25, 0.3) is 11.1 Å². The summed E-state index contributed by atoms with van der Waals surface area (Å²) in [7, 11) is 3.92. The van der Waals surface area contributed by atoms with Crippen LogP contribution >= 0.6 is 0 Å². The molecule has 2 heterocycles. The number of nitrogens with one attached hydrogen (secondary N) is 8. The van der Waals surface area contributed by atoms with Gasteiger partial charge >= 0.3 is 24.2 Å². The molecular formula is C32H54N11O8+. The highest BCUT2D eigenvalue weighted by atomic mass is 16.6. The Morgan fingerprint density at radius 1 is 0.608 bits per heavy atom. The molecule has 8 N–H and O–H groups in total. The number of urea groups is 2. The number of nitrogens with zero attached hydrogens (tertiary/aromatic N) is 3.